The zero-order valence-electron chi connectivity index (χ0n) is 23.8. The summed E-state index contributed by atoms with van der Waals surface area (Å²) in [6.45, 7) is 0. The molecule has 2 aliphatic carbocycles. The van der Waals surface area contributed by atoms with Crippen molar-refractivity contribution in [3.63, 3.8) is 0 Å². The number of phosphoric acid groups is 7. The van der Waals surface area contributed by atoms with Gasteiger partial charge in [-0.2, -0.15) is 0 Å². The molecule has 0 spiro atoms. The Bertz CT molecular complexity index is 1490. The molecule has 39 heteroatoms. The summed E-state index contributed by atoms with van der Waals surface area (Å²) in [5, 5.41) is 40.4. The molecule has 0 amide bonds. The summed E-state index contributed by atoms with van der Waals surface area (Å²) < 4.78 is 118. The molecule has 0 aromatic carbocycles. The average Bonchev–Trinajstić information content (AvgIpc) is 2.85. The lowest BCUT2D eigenvalue weighted by Crippen LogP contribution is -2.66. The van der Waals surface area contributed by atoms with Gasteiger partial charge in [-0.25, -0.2) is 32.0 Å². The van der Waals surface area contributed by atoms with Crippen LogP contribution in [0.15, 0.2) is 0 Å². The van der Waals surface area contributed by atoms with Crippen LogP contribution in [-0.2, 0) is 68.1 Å². The van der Waals surface area contributed by atoms with E-state index in [0.717, 1.165) is 0 Å². The quantitative estimate of drug-likeness (QED) is 0.0642. The predicted octanol–water partition coefficient (Wildman–Crippen LogP) is -5.80. The Hall–Kier alpha value is 0.610. The Kier molecular flexibility index (Phi) is 15.6. The van der Waals surface area contributed by atoms with Crippen LogP contribution in [0.4, 0.5) is 0 Å². The molecule has 2 aliphatic rings. The van der Waals surface area contributed by atoms with Crippen molar-refractivity contribution >= 4 is 54.8 Å². The highest BCUT2D eigenvalue weighted by Gasteiger charge is 2.63. The molecule has 2 fully saturated rings. The Labute approximate surface area is 280 Å². The largest absolute Gasteiger partial charge is 0.473 e. The van der Waals surface area contributed by atoms with E-state index in [1.165, 1.54) is 0 Å². The number of rotatable bonds is 16. The summed E-state index contributed by atoms with van der Waals surface area (Å²) >= 11 is 0. The van der Waals surface area contributed by atoms with Gasteiger partial charge in [0.2, 0.25) is 0 Å². The van der Waals surface area contributed by atoms with Crippen LogP contribution >= 0.6 is 54.8 Å². The first-order valence-corrected chi connectivity index (χ1v) is 22.9. The Morgan fingerprint density at radius 3 is 0.627 bits per heavy atom. The van der Waals surface area contributed by atoms with Crippen molar-refractivity contribution in [1.29, 1.82) is 0 Å². The van der Waals surface area contributed by atoms with E-state index in [-0.39, 0.29) is 0 Å². The van der Waals surface area contributed by atoms with Crippen LogP contribution in [0.1, 0.15) is 0 Å². The molecule has 51 heavy (non-hydrogen) atoms. The summed E-state index contributed by atoms with van der Waals surface area (Å²) in [6, 6.07) is 0. The van der Waals surface area contributed by atoms with E-state index in [2.05, 4.69) is 36.2 Å². The lowest BCUT2D eigenvalue weighted by atomic mass is 9.85. The minimum Gasteiger partial charge on any atom is -0.387 e. The number of hydrogen-bond donors (Lipinski definition) is 17. The third-order valence-electron chi connectivity index (χ3n) is 6.05. The normalized spacial score (nSPS) is 36.1. The Balaban J connectivity index is 2.90. The molecule has 0 radical (unpaired) electrons. The van der Waals surface area contributed by atoms with E-state index in [4.69, 9.17) is 9.79 Å². The van der Waals surface area contributed by atoms with E-state index >= 15 is 0 Å². The van der Waals surface area contributed by atoms with E-state index < -0.39 is 128 Å². The standard InChI is InChI=1S/C12H29O32P7/c13-1-2(14)4(16)6(5(3(1)15)37-45(17,18)19)43-51(35,36)44-12-10(41-49(29,30)31)8(39-47(23,24)25)7(38-46(20,21)22)9(40-48(26,27)28)11(12)42-50(32,33)34/h1-16H,(H,35,36)(H2,17,18,19)(H2,20,21,22)(H2,23,24,25)(H2,26,27,28)(H2,29,30,31)(H2,32,33,34)/t1?,2?,3?,4?,5?,6?,7-,8-,9+,10-,11-,12-/m0/s1. The van der Waals surface area contributed by atoms with Crippen LogP contribution in [0, 0.1) is 0 Å². The third-order valence-corrected chi connectivity index (χ3v) is 10.2. The molecular weight excluding hydrogens is 873 g/mol. The van der Waals surface area contributed by atoms with Crippen LogP contribution in [0.2, 0.25) is 0 Å². The van der Waals surface area contributed by atoms with Gasteiger partial charge < -0.3 is 84.0 Å². The first-order valence-electron chi connectivity index (χ1n) is 12.3. The topological polar surface area (TPSA) is 537 Å². The summed E-state index contributed by atoms with van der Waals surface area (Å²) in [7, 11) is -43.9. The molecule has 32 nitrogen and oxygen atoms in total. The summed E-state index contributed by atoms with van der Waals surface area (Å²) in [4.78, 5) is 123. The fraction of sp³-hybridized carbons (Fsp3) is 1.00. The molecule has 0 saturated heterocycles. The second-order valence-corrected chi connectivity index (χ2v) is 18.4. The lowest BCUT2D eigenvalue weighted by Gasteiger charge is -2.48. The van der Waals surface area contributed by atoms with Gasteiger partial charge in [0.1, 0.15) is 73.2 Å². The van der Waals surface area contributed by atoms with Crippen LogP contribution in [0.5, 0.6) is 0 Å². The van der Waals surface area contributed by atoms with Crippen LogP contribution in [0.3, 0.4) is 0 Å². The second kappa shape index (κ2) is 16.6. The molecule has 7 unspecified atom stereocenters. The van der Waals surface area contributed by atoms with Crippen molar-refractivity contribution in [2.24, 2.45) is 0 Å². The van der Waals surface area contributed by atoms with E-state index in [1.807, 2.05) is 0 Å². The van der Waals surface area contributed by atoms with Crippen molar-refractivity contribution in [1.82, 2.24) is 0 Å². The number of aliphatic hydroxyl groups excluding tert-OH is 4. The zero-order valence-corrected chi connectivity index (χ0v) is 30.0. The molecule has 304 valence electrons. The Morgan fingerprint density at radius 2 is 0.412 bits per heavy atom. The highest BCUT2D eigenvalue weighted by atomic mass is 31.2. The van der Waals surface area contributed by atoms with Gasteiger partial charge in [-0.3, -0.25) is 36.2 Å². The van der Waals surface area contributed by atoms with Gasteiger partial charge in [0.25, 0.3) is 0 Å². The average molecular weight is 902 g/mol. The minimum absolute atomic E-state index is 2.56. The molecular formula is C12H29O32P7. The Morgan fingerprint density at radius 1 is 0.255 bits per heavy atom. The van der Waals surface area contributed by atoms with E-state index in [1.54, 1.807) is 0 Å². The summed E-state index contributed by atoms with van der Waals surface area (Å²) in [5.74, 6) is 0. The third kappa shape index (κ3) is 15.2. The number of aliphatic hydroxyl groups is 4. The van der Waals surface area contributed by atoms with Crippen molar-refractivity contribution in [3.8, 4) is 0 Å². The van der Waals surface area contributed by atoms with Crippen molar-refractivity contribution in [2.75, 3.05) is 0 Å². The predicted molar refractivity (Wildman–Crippen MR) is 145 cm³/mol. The molecule has 17 N–H and O–H groups in total. The summed E-state index contributed by atoms with van der Waals surface area (Å²) in [6.07, 6.45) is -37.2. The fourth-order valence-corrected chi connectivity index (χ4v) is 9.05. The molecule has 2 rings (SSSR count). The molecule has 13 atom stereocenters. The van der Waals surface area contributed by atoms with E-state index in [9.17, 15) is 106 Å². The van der Waals surface area contributed by atoms with Gasteiger partial charge in [-0.15, -0.1) is 0 Å². The van der Waals surface area contributed by atoms with Crippen LogP contribution in [-0.4, -0.2) is 157 Å². The maximum absolute atomic E-state index is 13.3. The smallest absolute Gasteiger partial charge is 0.387 e. The van der Waals surface area contributed by atoms with E-state index in [0.29, 0.717) is 0 Å². The molecule has 0 aliphatic heterocycles. The first-order chi connectivity index (χ1) is 22.4. The lowest BCUT2D eigenvalue weighted by molar-refractivity contribution is -0.222. The van der Waals surface area contributed by atoms with Gasteiger partial charge in [0.05, 0.1) is 0 Å². The zero-order chi connectivity index (χ0) is 40.1. The molecule has 2 saturated carbocycles. The second-order valence-electron chi connectivity index (χ2n) is 9.93. The number of hydrogen-bond acceptors (Lipinski definition) is 19. The SMILES string of the molecule is O=P(O)(O)OC1C(O)C(O)C(O)C(O)C1OP(=O)(O)O[C@@H]1[C@@H](OP(=O)(O)O)[C@H](OP(=O)(O)O)[C@@H](OP(=O)(O)O)[C@H](OP(=O)(O)O)[C@@H]1OP(=O)(O)O. The van der Waals surface area contributed by atoms with Gasteiger partial charge in [0, 0.05) is 0 Å². The van der Waals surface area contributed by atoms with Crippen molar-refractivity contribution in [2.45, 2.75) is 73.2 Å². The fourth-order valence-electron chi connectivity index (χ4n) is 4.55. The molecule has 0 aromatic heterocycles. The van der Waals surface area contributed by atoms with Crippen LogP contribution < -0.4 is 0 Å². The molecule has 0 aromatic rings. The van der Waals surface area contributed by atoms with Crippen LogP contribution in [0.25, 0.3) is 0 Å². The first kappa shape index (κ1) is 47.8. The molecule has 0 bridgehead atoms. The maximum atomic E-state index is 13.3. The highest BCUT2D eigenvalue weighted by Crippen LogP contribution is 2.59. The highest BCUT2D eigenvalue weighted by molar-refractivity contribution is 7.48. The van der Waals surface area contributed by atoms with Gasteiger partial charge in [-0.1, -0.05) is 0 Å². The molecule has 0 heterocycles. The van der Waals surface area contributed by atoms with Gasteiger partial charge in [-0.05, 0) is 0 Å². The maximum Gasteiger partial charge on any atom is 0.473 e. The number of phosphoric ester groups is 7. The minimum atomic E-state index is -6.62. The van der Waals surface area contributed by atoms with Gasteiger partial charge in [0.15, 0.2) is 0 Å². The van der Waals surface area contributed by atoms with Crippen molar-refractivity contribution in [3.05, 3.63) is 0 Å². The monoisotopic (exact) mass is 902 g/mol. The van der Waals surface area contributed by atoms with Crippen molar-refractivity contribution < 1.29 is 152 Å². The van der Waals surface area contributed by atoms with Gasteiger partial charge >= 0.3 is 54.8 Å². The summed E-state index contributed by atoms with van der Waals surface area (Å²) in [5.41, 5.74) is 0.